The van der Waals surface area contributed by atoms with Gasteiger partial charge in [-0.2, -0.15) is 13.9 Å². The molecule has 2 aliphatic rings. The van der Waals surface area contributed by atoms with Crippen LogP contribution in [0.5, 0.6) is 5.75 Å². The number of benzene rings is 2. The Morgan fingerprint density at radius 3 is 2.49 bits per heavy atom. The molecule has 0 bridgehead atoms. The van der Waals surface area contributed by atoms with Gasteiger partial charge < -0.3 is 14.5 Å². The maximum absolute atomic E-state index is 14.8. The number of fused-ring (bicyclic) bond motifs is 1. The fraction of sp³-hybridized carbons (Fsp3) is 0.346. The highest BCUT2D eigenvalue weighted by Crippen LogP contribution is 2.35. The molecule has 5 rings (SSSR count). The summed E-state index contributed by atoms with van der Waals surface area (Å²) < 4.78 is 36.2. The molecular weight excluding hydrogens is 454 g/mol. The first kappa shape index (κ1) is 23.0. The Morgan fingerprint density at radius 2 is 1.80 bits per heavy atom. The van der Waals surface area contributed by atoms with E-state index in [2.05, 4.69) is 5.10 Å². The predicted molar refractivity (Wildman–Crippen MR) is 125 cm³/mol. The number of piperidine rings is 1. The summed E-state index contributed by atoms with van der Waals surface area (Å²) in [5, 5.41) is 4.18. The van der Waals surface area contributed by atoms with Crippen LogP contribution in [0.3, 0.4) is 0 Å². The molecule has 3 heterocycles. The molecule has 0 saturated carbocycles. The van der Waals surface area contributed by atoms with Gasteiger partial charge in [0, 0.05) is 45.0 Å². The fourth-order valence-electron chi connectivity index (χ4n) is 4.66. The summed E-state index contributed by atoms with van der Waals surface area (Å²) >= 11 is 0. The second-order valence-electron chi connectivity index (χ2n) is 9.02. The van der Waals surface area contributed by atoms with E-state index in [4.69, 9.17) is 4.74 Å². The van der Waals surface area contributed by atoms with Crippen molar-refractivity contribution in [3.63, 3.8) is 0 Å². The van der Waals surface area contributed by atoms with Crippen LogP contribution in [0.15, 0.2) is 54.9 Å². The number of nitrogens with zero attached hydrogens (tertiary/aromatic N) is 4. The summed E-state index contributed by atoms with van der Waals surface area (Å²) in [6.07, 6.45) is 1.96. The molecule has 0 N–H and O–H groups in total. The maximum Gasteiger partial charge on any atom is 0.482 e. The van der Waals surface area contributed by atoms with Crippen LogP contribution < -0.4 is 4.74 Å². The third kappa shape index (κ3) is 4.62. The van der Waals surface area contributed by atoms with E-state index in [0.29, 0.717) is 24.9 Å². The molecule has 0 aliphatic carbocycles. The first-order valence-electron chi connectivity index (χ1n) is 11.7. The smallest absolute Gasteiger partial charge is 0.424 e. The Hall–Kier alpha value is -3.75. The first-order chi connectivity index (χ1) is 16.8. The number of hydrogen-bond donors (Lipinski definition) is 0. The van der Waals surface area contributed by atoms with Crippen LogP contribution in [0.2, 0.25) is 0 Å². The number of amides is 2. The molecule has 1 aromatic heterocycles. The topological polar surface area (TPSA) is 67.7 Å². The molecule has 35 heavy (non-hydrogen) atoms. The Labute approximate surface area is 201 Å². The van der Waals surface area contributed by atoms with Crippen molar-refractivity contribution in [2.24, 2.45) is 7.05 Å². The van der Waals surface area contributed by atoms with E-state index in [0.717, 1.165) is 28.0 Å². The van der Waals surface area contributed by atoms with Crippen molar-refractivity contribution in [1.82, 2.24) is 19.6 Å². The molecule has 9 heteroatoms. The molecule has 2 aliphatic heterocycles. The second kappa shape index (κ2) is 9.13. The number of ether oxygens (including phenoxy) is 1. The van der Waals surface area contributed by atoms with Crippen LogP contribution in [-0.4, -0.2) is 50.6 Å². The number of hydrogen-bond acceptors (Lipinski definition) is 4. The molecule has 0 spiro atoms. The molecule has 0 unspecified atom stereocenters. The monoisotopic (exact) mass is 480 g/mol. The molecule has 182 valence electrons. The average molecular weight is 481 g/mol. The van der Waals surface area contributed by atoms with E-state index in [9.17, 15) is 18.4 Å². The molecule has 1 saturated heterocycles. The van der Waals surface area contributed by atoms with Gasteiger partial charge in [0.1, 0.15) is 5.75 Å². The Balaban J connectivity index is 1.30. The predicted octanol–water partition coefficient (Wildman–Crippen LogP) is 4.23. The third-order valence-corrected chi connectivity index (χ3v) is 6.47. The summed E-state index contributed by atoms with van der Waals surface area (Å²) in [6, 6.07) is 12.4. The lowest BCUT2D eigenvalue weighted by molar-refractivity contribution is -0.204. The standard InChI is InChI=1S/C26H26F2N4O3/c1-30-16-21(14-29-30)19-10-8-18(9-11-19)15-32-17-20-6-5-7-22(23(20)24(32)33)35-26(27,28)25(34)31-12-3-2-4-13-31/h5-11,14,16H,2-4,12-13,15,17H2,1H3. The molecule has 1 fully saturated rings. The van der Waals surface area contributed by atoms with Crippen LogP contribution in [0.25, 0.3) is 11.1 Å². The van der Waals surface area contributed by atoms with E-state index in [1.54, 1.807) is 27.9 Å². The van der Waals surface area contributed by atoms with Gasteiger partial charge in [-0.25, -0.2) is 0 Å². The van der Waals surface area contributed by atoms with Crippen molar-refractivity contribution < 1.29 is 23.1 Å². The number of carbonyl (C=O) groups excluding carboxylic acids is 2. The molecule has 2 amide bonds. The van der Waals surface area contributed by atoms with Crippen LogP contribution in [-0.2, 0) is 24.9 Å². The molecule has 7 nitrogen and oxygen atoms in total. The van der Waals surface area contributed by atoms with Gasteiger partial charge in [-0.1, -0.05) is 36.4 Å². The van der Waals surface area contributed by atoms with Crippen molar-refractivity contribution in [1.29, 1.82) is 0 Å². The zero-order valence-corrected chi connectivity index (χ0v) is 19.4. The first-order valence-corrected chi connectivity index (χ1v) is 11.7. The number of aromatic nitrogens is 2. The molecule has 0 atom stereocenters. The molecule has 0 radical (unpaired) electrons. The third-order valence-electron chi connectivity index (χ3n) is 6.47. The minimum absolute atomic E-state index is 0.0885. The lowest BCUT2D eigenvalue weighted by Gasteiger charge is -2.29. The summed E-state index contributed by atoms with van der Waals surface area (Å²) in [4.78, 5) is 28.3. The number of carbonyl (C=O) groups is 2. The van der Waals surface area contributed by atoms with E-state index in [1.165, 1.54) is 6.07 Å². The van der Waals surface area contributed by atoms with Gasteiger partial charge in [-0.05, 0) is 42.0 Å². The van der Waals surface area contributed by atoms with Gasteiger partial charge in [0.2, 0.25) is 0 Å². The normalized spacial score (nSPS) is 15.9. The van der Waals surface area contributed by atoms with Crippen LogP contribution in [0.4, 0.5) is 8.78 Å². The number of likely N-dealkylation sites (tertiary alicyclic amines) is 1. The van der Waals surface area contributed by atoms with Crippen molar-refractivity contribution in [3.8, 4) is 16.9 Å². The highest BCUT2D eigenvalue weighted by molar-refractivity contribution is 6.01. The summed E-state index contributed by atoms with van der Waals surface area (Å²) in [7, 11) is 1.85. The van der Waals surface area contributed by atoms with Gasteiger partial charge in [0.25, 0.3) is 5.91 Å². The van der Waals surface area contributed by atoms with E-state index < -0.39 is 17.9 Å². The van der Waals surface area contributed by atoms with Crippen molar-refractivity contribution in [3.05, 3.63) is 71.5 Å². The average Bonchev–Trinajstić information content (AvgIpc) is 3.43. The van der Waals surface area contributed by atoms with Crippen molar-refractivity contribution in [2.45, 2.75) is 38.5 Å². The summed E-state index contributed by atoms with van der Waals surface area (Å²) in [5.41, 5.74) is 3.60. The Bertz CT molecular complexity index is 1250. The largest absolute Gasteiger partial charge is 0.482 e. The number of rotatable bonds is 6. The minimum atomic E-state index is -4.04. The van der Waals surface area contributed by atoms with E-state index in [-0.39, 0.29) is 30.9 Å². The molecule has 2 aromatic carbocycles. The highest BCUT2D eigenvalue weighted by Gasteiger charge is 2.47. The quantitative estimate of drug-likeness (QED) is 0.530. The highest BCUT2D eigenvalue weighted by atomic mass is 19.3. The number of alkyl halides is 2. The van der Waals surface area contributed by atoms with Crippen molar-refractivity contribution in [2.75, 3.05) is 13.1 Å². The molecular formula is C26H26F2N4O3. The lowest BCUT2D eigenvalue weighted by Crippen LogP contribution is -2.49. The van der Waals surface area contributed by atoms with Gasteiger partial charge in [0.05, 0.1) is 11.8 Å². The summed E-state index contributed by atoms with van der Waals surface area (Å²) in [6.45, 7) is 1.18. The van der Waals surface area contributed by atoms with Crippen LogP contribution in [0, 0.1) is 0 Å². The Morgan fingerprint density at radius 1 is 1.06 bits per heavy atom. The van der Waals surface area contributed by atoms with Gasteiger partial charge in [-0.15, -0.1) is 0 Å². The van der Waals surface area contributed by atoms with E-state index >= 15 is 0 Å². The summed E-state index contributed by atoms with van der Waals surface area (Å²) in [5.74, 6) is -2.02. The SMILES string of the molecule is Cn1cc(-c2ccc(CN3Cc4cccc(OC(F)(F)C(=O)N5CCCCC5)c4C3=O)cc2)cn1. The Kier molecular flexibility index (Phi) is 6.00. The van der Waals surface area contributed by atoms with Crippen LogP contribution in [0.1, 0.15) is 40.7 Å². The minimum Gasteiger partial charge on any atom is -0.424 e. The van der Waals surface area contributed by atoms with Gasteiger partial charge in [-0.3, -0.25) is 14.3 Å². The second-order valence-corrected chi connectivity index (χ2v) is 9.02. The molecule has 3 aromatic rings. The zero-order valence-electron chi connectivity index (χ0n) is 19.4. The lowest BCUT2D eigenvalue weighted by atomic mass is 10.1. The zero-order chi connectivity index (χ0) is 24.6. The van der Waals surface area contributed by atoms with Gasteiger partial charge >= 0.3 is 12.0 Å². The van der Waals surface area contributed by atoms with E-state index in [1.807, 2.05) is 37.5 Å². The van der Waals surface area contributed by atoms with Gasteiger partial charge in [0.15, 0.2) is 0 Å². The van der Waals surface area contributed by atoms with Crippen LogP contribution >= 0.6 is 0 Å². The maximum atomic E-state index is 14.8. The number of aryl methyl sites for hydroxylation is 1. The van der Waals surface area contributed by atoms with Crippen molar-refractivity contribution >= 4 is 11.8 Å². The fourth-order valence-corrected chi connectivity index (χ4v) is 4.66. The number of halogens is 2.